The lowest BCUT2D eigenvalue weighted by molar-refractivity contribution is -0.134. The van der Waals surface area contributed by atoms with Gasteiger partial charge in [0.1, 0.15) is 0 Å². The minimum absolute atomic E-state index is 0.0138. The van der Waals surface area contributed by atoms with Crippen LogP contribution >= 0.6 is 0 Å². The molecule has 2 atom stereocenters. The molecule has 0 saturated carbocycles. The molecular weight excluding hydrogens is 230 g/mol. The first-order chi connectivity index (χ1) is 8.40. The third kappa shape index (κ3) is 4.64. The highest BCUT2D eigenvalue weighted by Crippen LogP contribution is 2.12. The van der Waals surface area contributed by atoms with Crippen molar-refractivity contribution in [3.8, 4) is 0 Å². The number of nitrogens with two attached hydrogens (primary N) is 1. The minimum Gasteiger partial charge on any atom is -0.351 e. The maximum absolute atomic E-state index is 11.9. The highest BCUT2D eigenvalue weighted by Gasteiger charge is 2.25. The first-order valence-corrected chi connectivity index (χ1v) is 6.74. The summed E-state index contributed by atoms with van der Waals surface area (Å²) in [6, 6.07) is -0.0196. The fourth-order valence-electron chi connectivity index (χ4n) is 2.09. The van der Waals surface area contributed by atoms with Gasteiger partial charge in [0.2, 0.25) is 11.8 Å². The average molecular weight is 255 g/mol. The van der Waals surface area contributed by atoms with Crippen LogP contribution in [0, 0.1) is 5.92 Å². The second kappa shape index (κ2) is 6.73. The molecule has 5 heteroatoms. The third-order valence-corrected chi connectivity index (χ3v) is 3.14. The number of nitrogens with one attached hydrogen (secondary N) is 1. The maximum Gasteiger partial charge on any atom is 0.224 e. The van der Waals surface area contributed by atoms with Gasteiger partial charge in [-0.1, -0.05) is 13.8 Å². The summed E-state index contributed by atoms with van der Waals surface area (Å²) in [7, 11) is 0. The lowest BCUT2D eigenvalue weighted by Crippen LogP contribution is -2.51. The van der Waals surface area contributed by atoms with E-state index in [1.165, 1.54) is 0 Å². The summed E-state index contributed by atoms with van der Waals surface area (Å²) in [6.07, 6.45) is 2.26. The van der Waals surface area contributed by atoms with Crippen LogP contribution in [-0.4, -0.2) is 41.9 Å². The molecular formula is C13H25N3O2. The van der Waals surface area contributed by atoms with Crippen molar-refractivity contribution in [1.29, 1.82) is 0 Å². The van der Waals surface area contributed by atoms with Crippen LogP contribution in [0.1, 0.15) is 40.0 Å². The summed E-state index contributed by atoms with van der Waals surface area (Å²) in [4.78, 5) is 25.4. The monoisotopic (exact) mass is 255 g/mol. The number of carbonyl (C=O) groups excluding carboxylic acids is 2. The molecule has 0 aromatic rings. The molecule has 18 heavy (non-hydrogen) atoms. The standard InChI is InChI=1S/C13H25N3O2/c1-9(2)13(18)15-11-5-4-6-16(8-11)12(17)7-10(3)14/h9-11H,4-8,14H2,1-3H3,(H,15,18). The Bertz CT molecular complexity index is 303. The number of piperidine rings is 1. The van der Waals surface area contributed by atoms with Crippen LogP contribution in [0.15, 0.2) is 0 Å². The maximum atomic E-state index is 11.9. The number of hydrogen-bond donors (Lipinski definition) is 2. The van der Waals surface area contributed by atoms with Gasteiger partial charge in [-0.3, -0.25) is 9.59 Å². The van der Waals surface area contributed by atoms with Crippen LogP contribution in [0.5, 0.6) is 0 Å². The number of hydrogen-bond acceptors (Lipinski definition) is 3. The fraction of sp³-hybridized carbons (Fsp3) is 0.846. The first-order valence-electron chi connectivity index (χ1n) is 6.74. The van der Waals surface area contributed by atoms with Gasteiger partial charge in [-0.05, 0) is 19.8 Å². The van der Waals surface area contributed by atoms with Crippen molar-refractivity contribution in [2.45, 2.75) is 52.1 Å². The summed E-state index contributed by atoms with van der Waals surface area (Å²) in [5.41, 5.74) is 5.64. The molecule has 1 saturated heterocycles. The molecule has 5 nitrogen and oxygen atoms in total. The molecule has 3 N–H and O–H groups in total. The van der Waals surface area contributed by atoms with Crippen molar-refractivity contribution in [2.75, 3.05) is 13.1 Å². The van der Waals surface area contributed by atoms with Gasteiger partial charge in [0.15, 0.2) is 0 Å². The van der Waals surface area contributed by atoms with E-state index in [1.54, 1.807) is 0 Å². The molecule has 104 valence electrons. The molecule has 2 unspecified atom stereocenters. The van der Waals surface area contributed by atoms with Gasteiger partial charge in [0.25, 0.3) is 0 Å². The van der Waals surface area contributed by atoms with Gasteiger partial charge in [-0.2, -0.15) is 0 Å². The topological polar surface area (TPSA) is 75.4 Å². The molecule has 2 amide bonds. The fourth-order valence-corrected chi connectivity index (χ4v) is 2.09. The number of carbonyl (C=O) groups is 2. The van der Waals surface area contributed by atoms with E-state index in [9.17, 15) is 9.59 Å². The molecule has 0 radical (unpaired) electrons. The van der Waals surface area contributed by atoms with Gasteiger partial charge >= 0.3 is 0 Å². The van der Waals surface area contributed by atoms with Crippen LogP contribution in [0.3, 0.4) is 0 Å². The second-order valence-corrected chi connectivity index (χ2v) is 5.52. The van der Waals surface area contributed by atoms with Gasteiger partial charge < -0.3 is 16.0 Å². The van der Waals surface area contributed by atoms with Crippen molar-refractivity contribution < 1.29 is 9.59 Å². The number of rotatable bonds is 4. The zero-order chi connectivity index (χ0) is 13.7. The largest absolute Gasteiger partial charge is 0.351 e. The quantitative estimate of drug-likeness (QED) is 0.767. The first kappa shape index (κ1) is 15.0. The number of nitrogens with zero attached hydrogens (tertiary/aromatic N) is 1. The summed E-state index contributed by atoms with van der Waals surface area (Å²) >= 11 is 0. The molecule has 1 aliphatic heterocycles. The molecule has 0 aromatic heterocycles. The van der Waals surface area contributed by atoms with E-state index < -0.39 is 0 Å². The SMILES string of the molecule is CC(N)CC(=O)N1CCCC(NC(=O)C(C)C)C1. The van der Waals surface area contributed by atoms with Gasteiger partial charge in [-0.15, -0.1) is 0 Å². The van der Waals surface area contributed by atoms with Crippen LogP contribution in [0.25, 0.3) is 0 Å². The highest BCUT2D eigenvalue weighted by molar-refractivity contribution is 5.79. The average Bonchev–Trinajstić information content (AvgIpc) is 2.28. The molecule has 1 aliphatic rings. The molecule has 0 aliphatic carbocycles. The summed E-state index contributed by atoms with van der Waals surface area (Å²) < 4.78 is 0. The van der Waals surface area contributed by atoms with Crippen LogP contribution in [0.2, 0.25) is 0 Å². The van der Waals surface area contributed by atoms with Crippen molar-refractivity contribution >= 4 is 11.8 Å². The molecule has 0 bridgehead atoms. The van der Waals surface area contributed by atoms with Crippen molar-refractivity contribution in [3.63, 3.8) is 0 Å². The van der Waals surface area contributed by atoms with E-state index in [0.29, 0.717) is 13.0 Å². The van der Waals surface area contributed by atoms with Crippen molar-refractivity contribution in [1.82, 2.24) is 10.2 Å². The zero-order valence-corrected chi connectivity index (χ0v) is 11.6. The molecule has 1 rings (SSSR count). The number of likely N-dealkylation sites (tertiary alicyclic amines) is 1. The van der Waals surface area contributed by atoms with E-state index in [0.717, 1.165) is 19.4 Å². The minimum atomic E-state index is -0.108. The Morgan fingerprint density at radius 2 is 2.06 bits per heavy atom. The Morgan fingerprint density at radius 1 is 1.39 bits per heavy atom. The summed E-state index contributed by atoms with van der Waals surface area (Å²) in [5.74, 6) is 0.134. The Balaban J connectivity index is 2.45. The zero-order valence-electron chi connectivity index (χ0n) is 11.6. The third-order valence-electron chi connectivity index (χ3n) is 3.14. The van der Waals surface area contributed by atoms with Crippen molar-refractivity contribution in [3.05, 3.63) is 0 Å². The highest BCUT2D eigenvalue weighted by atomic mass is 16.2. The van der Waals surface area contributed by atoms with E-state index in [1.807, 2.05) is 25.7 Å². The molecule has 1 heterocycles. The van der Waals surface area contributed by atoms with Gasteiger partial charge in [0.05, 0.1) is 0 Å². The number of amides is 2. The van der Waals surface area contributed by atoms with Gasteiger partial charge in [-0.25, -0.2) is 0 Å². The van der Waals surface area contributed by atoms with Gasteiger partial charge in [0, 0.05) is 37.5 Å². The van der Waals surface area contributed by atoms with E-state index >= 15 is 0 Å². The summed E-state index contributed by atoms with van der Waals surface area (Å²) in [6.45, 7) is 6.97. The normalized spacial score (nSPS) is 21.8. The lowest BCUT2D eigenvalue weighted by Gasteiger charge is -2.34. The van der Waals surface area contributed by atoms with E-state index in [-0.39, 0.29) is 29.8 Å². The van der Waals surface area contributed by atoms with Crippen LogP contribution in [-0.2, 0) is 9.59 Å². The Labute approximate surface area is 109 Å². The predicted octanol–water partition coefficient (Wildman–Crippen LogP) is 0.487. The predicted molar refractivity (Wildman–Crippen MR) is 70.8 cm³/mol. The van der Waals surface area contributed by atoms with Crippen LogP contribution < -0.4 is 11.1 Å². The molecule has 1 fully saturated rings. The Kier molecular flexibility index (Phi) is 5.59. The Hall–Kier alpha value is -1.10. The second-order valence-electron chi connectivity index (χ2n) is 5.52. The lowest BCUT2D eigenvalue weighted by atomic mass is 10.0. The summed E-state index contributed by atoms with van der Waals surface area (Å²) in [5, 5.41) is 2.99. The smallest absolute Gasteiger partial charge is 0.224 e. The van der Waals surface area contributed by atoms with Crippen LogP contribution in [0.4, 0.5) is 0 Å². The van der Waals surface area contributed by atoms with Crippen molar-refractivity contribution in [2.24, 2.45) is 11.7 Å². The van der Waals surface area contributed by atoms with E-state index in [4.69, 9.17) is 5.73 Å². The molecule has 0 aromatic carbocycles. The van der Waals surface area contributed by atoms with E-state index in [2.05, 4.69) is 5.32 Å². The Morgan fingerprint density at radius 3 is 2.61 bits per heavy atom. The molecule has 0 spiro atoms.